The van der Waals surface area contributed by atoms with Gasteiger partial charge in [0.2, 0.25) is 0 Å². The summed E-state index contributed by atoms with van der Waals surface area (Å²) in [6, 6.07) is 10.3. The Balaban J connectivity index is 1.65. The number of ether oxygens (including phenoxy) is 1. The summed E-state index contributed by atoms with van der Waals surface area (Å²) in [5.41, 5.74) is 1.20. The topological polar surface area (TPSA) is 79.8 Å². The van der Waals surface area contributed by atoms with Gasteiger partial charge in [-0.1, -0.05) is 30.3 Å². The van der Waals surface area contributed by atoms with Crippen LogP contribution in [0.2, 0.25) is 0 Å². The van der Waals surface area contributed by atoms with E-state index in [-0.39, 0.29) is 23.7 Å². The van der Waals surface area contributed by atoms with Crippen molar-refractivity contribution < 1.29 is 13.2 Å². The molecule has 3 unspecified atom stereocenters. The molecule has 0 bridgehead atoms. The first-order valence-electron chi connectivity index (χ1n) is 9.49. The minimum absolute atomic E-state index is 0.0506. The molecular weight excluding hydrogens is 350 g/mol. The lowest BCUT2D eigenvalue weighted by Crippen LogP contribution is -2.44. The van der Waals surface area contributed by atoms with Gasteiger partial charge in [-0.25, -0.2) is 8.42 Å². The number of hydrogen-bond acceptors (Lipinski definition) is 4. The molecule has 1 aromatic rings. The number of hydrogen-bond donors (Lipinski definition) is 2. The second-order valence-electron chi connectivity index (χ2n) is 7.07. The third-order valence-corrected chi connectivity index (χ3v) is 6.74. The van der Waals surface area contributed by atoms with Crippen LogP contribution in [0.25, 0.3) is 0 Å². The van der Waals surface area contributed by atoms with Crippen molar-refractivity contribution in [3.05, 3.63) is 35.9 Å². The molecule has 144 valence electrons. The van der Waals surface area contributed by atoms with Crippen LogP contribution in [0.15, 0.2) is 35.3 Å². The number of sulfone groups is 1. The van der Waals surface area contributed by atoms with Crippen LogP contribution in [0.4, 0.5) is 0 Å². The summed E-state index contributed by atoms with van der Waals surface area (Å²) in [6.07, 6.45) is 2.85. The number of benzene rings is 1. The third-order valence-electron chi connectivity index (χ3n) is 4.97. The second kappa shape index (κ2) is 8.86. The molecule has 0 aliphatic carbocycles. The predicted octanol–water partition coefficient (Wildman–Crippen LogP) is 1.90. The van der Waals surface area contributed by atoms with E-state index in [9.17, 15) is 8.42 Å². The fourth-order valence-electron chi connectivity index (χ4n) is 3.67. The summed E-state index contributed by atoms with van der Waals surface area (Å²) >= 11 is 0. The molecule has 0 amide bonds. The first kappa shape index (κ1) is 19.2. The van der Waals surface area contributed by atoms with Crippen LogP contribution in [0, 0.1) is 5.92 Å². The Kier molecular flexibility index (Phi) is 6.53. The van der Waals surface area contributed by atoms with Gasteiger partial charge in [-0.05, 0) is 31.7 Å². The maximum atomic E-state index is 11.7. The van der Waals surface area contributed by atoms with E-state index in [2.05, 4.69) is 22.8 Å². The van der Waals surface area contributed by atoms with Crippen LogP contribution in [0.1, 0.15) is 37.9 Å². The standard InChI is InChI=1S/C19H29N3O3S/c1-2-20-19(22-17-10-12-26(23,24)14-17)21-13-16-9-6-11-25-18(16)15-7-4-3-5-8-15/h3-5,7-8,16-18H,2,6,9-14H2,1H3,(H2,20,21,22). The van der Waals surface area contributed by atoms with E-state index < -0.39 is 9.84 Å². The fourth-order valence-corrected chi connectivity index (χ4v) is 5.35. The highest BCUT2D eigenvalue weighted by Crippen LogP contribution is 2.33. The van der Waals surface area contributed by atoms with Crippen LogP contribution in [-0.4, -0.2) is 51.6 Å². The molecule has 2 aliphatic rings. The van der Waals surface area contributed by atoms with Gasteiger partial charge in [0.1, 0.15) is 0 Å². The number of aliphatic imine (C=N–C) groups is 1. The average Bonchev–Trinajstić information content (AvgIpc) is 2.99. The molecule has 2 aliphatic heterocycles. The molecule has 0 saturated carbocycles. The molecule has 2 N–H and O–H groups in total. The maximum absolute atomic E-state index is 11.7. The van der Waals surface area contributed by atoms with Crippen molar-refractivity contribution in [2.45, 2.75) is 38.3 Å². The average molecular weight is 380 g/mol. The zero-order chi connectivity index (χ0) is 18.4. The first-order valence-corrected chi connectivity index (χ1v) is 11.3. The van der Waals surface area contributed by atoms with Gasteiger partial charge < -0.3 is 15.4 Å². The van der Waals surface area contributed by atoms with E-state index in [0.29, 0.717) is 24.8 Å². The smallest absolute Gasteiger partial charge is 0.191 e. The highest BCUT2D eigenvalue weighted by molar-refractivity contribution is 7.91. The van der Waals surface area contributed by atoms with Crippen LogP contribution < -0.4 is 10.6 Å². The lowest BCUT2D eigenvalue weighted by Gasteiger charge is -2.31. The Bertz CT molecular complexity index is 706. The van der Waals surface area contributed by atoms with Crippen molar-refractivity contribution in [2.24, 2.45) is 10.9 Å². The van der Waals surface area contributed by atoms with Crippen molar-refractivity contribution in [2.75, 3.05) is 31.2 Å². The second-order valence-corrected chi connectivity index (χ2v) is 9.30. The normalized spacial score (nSPS) is 28.7. The Morgan fingerprint density at radius 3 is 2.77 bits per heavy atom. The molecule has 0 aromatic heterocycles. The maximum Gasteiger partial charge on any atom is 0.191 e. The van der Waals surface area contributed by atoms with Crippen molar-refractivity contribution in [1.82, 2.24) is 10.6 Å². The molecular formula is C19H29N3O3S. The molecule has 3 rings (SSSR count). The number of rotatable bonds is 5. The van der Waals surface area contributed by atoms with Crippen LogP contribution in [0.3, 0.4) is 0 Å². The van der Waals surface area contributed by atoms with E-state index in [4.69, 9.17) is 9.73 Å². The molecule has 2 heterocycles. The van der Waals surface area contributed by atoms with Crippen LogP contribution in [0.5, 0.6) is 0 Å². The van der Waals surface area contributed by atoms with E-state index >= 15 is 0 Å². The van der Waals surface area contributed by atoms with Gasteiger partial charge in [0, 0.05) is 31.7 Å². The van der Waals surface area contributed by atoms with Gasteiger partial charge in [-0.15, -0.1) is 0 Å². The molecule has 2 fully saturated rings. The van der Waals surface area contributed by atoms with Crippen molar-refractivity contribution in [3.63, 3.8) is 0 Å². The summed E-state index contributed by atoms with van der Waals surface area (Å²) in [7, 11) is -2.90. The Morgan fingerprint density at radius 2 is 2.08 bits per heavy atom. The summed E-state index contributed by atoms with van der Waals surface area (Å²) in [4.78, 5) is 4.74. The van der Waals surface area contributed by atoms with E-state index in [1.54, 1.807) is 0 Å². The largest absolute Gasteiger partial charge is 0.373 e. The predicted molar refractivity (Wildman–Crippen MR) is 104 cm³/mol. The number of nitrogens with zero attached hydrogens (tertiary/aromatic N) is 1. The van der Waals surface area contributed by atoms with E-state index in [0.717, 1.165) is 26.0 Å². The third kappa shape index (κ3) is 5.20. The van der Waals surface area contributed by atoms with Gasteiger partial charge >= 0.3 is 0 Å². The fraction of sp³-hybridized carbons (Fsp3) is 0.632. The zero-order valence-electron chi connectivity index (χ0n) is 15.4. The summed E-state index contributed by atoms with van der Waals surface area (Å²) in [5.74, 6) is 1.48. The lowest BCUT2D eigenvalue weighted by molar-refractivity contribution is -0.0250. The molecule has 7 heteroatoms. The highest BCUT2D eigenvalue weighted by Gasteiger charge is 2.29. The van der Waals surface area contributed by atoms with Gasteiger partial charge in [0.25, 0.3) is 0 Å². The summed E-state index contributed by atoms with van der Waals surface area (Å²) in [5, 5.41) is 6.52. The van der Waals surface area contributed by atoms with Gasteiger partial charge in [0.15, 0.2) is 15.8 Å². The van der Waals surface area contributed by atoms with Gasteiger partial charge in [0.05, 0.1) is 17.6 Å². The van der Waals surface area contributed by atoms with Crippen molar-refractivity contribution in [1.29, 1.82) is 0 Å². The monoisotopic (exact) mass is 379 g/mol. The molecule has 26 heavy (non-hydrogen) atoms. The Labute approximate surface area is 156 Å². The van der Waals surface area contributed by atoms with E-state index in [1.807, 2.05) is 25.1 Å². The van der Waals surface area contributed by atoms with Crippen LogP contribution >= 0.6 is 0 Å². The van der Waals surface area contributed by atoms with Crippen molar-refractivity contribution in [3.8, 4) is 0 Å². The zero-order valence-corrected chi connectivity index (χ0v) is 16.2. The van der Waals surface area contributed by atoms with Gasteiger partial charge in [-0.2, -0.15) is 0 Å². The lowest BCUT2D eigenvalue weighted by atomic mass is 9.89. The Hall–Kier alpha value is -1.60. The van der Waals surface area contributed by atoms with Crippen LogP contribution in [-0.2, 0) is 14.6 Å². The number of guanidine groups is 1. The quantitative estimate of drug-likeness (QED) is 0.603. The summed E-state index contributed by atoms with van der Waals surface area (Å²) < 4.78 is 29.4. The molecule has 3 atom stereocenters. The van der Waals surface area contributed by atoms with Crippen molar-refractivity contribution >= 4 is 15.8 Å². The van der Waals surface area contributed by atoms with Gasteiger partial charge in [-0.3, -0.25) is 4.99 Å². The Morgan fingerprint density at radius 1 is 1.27 bits per heavy atom. The molecule has 2 saturated heterocycles. The molecule has 6 nitrogen and oxygen atoms in total. The minimum Gasteiger partial charge on any atom is -0.373 e. The molecule has 0 spiro atoms. The number of nitrogens with one attached hydrogen (secondary N) is 2. The molecule has 1 aromatic carbocycles. The minimum atomic E-state index is -2.90. The summed E-state index contributed by atoms with van der Waals surface area (Å²) in [6.45, 7) is 4.21. The first-order chi connectivity index (χ1) is 12.6. The molecule has 0 radical (unpaired) electrons. The SMILES string of the molecule is CCNC(=NCC1CCCOC1c1ccccc1)NC1CCS(=O)(=O)C1. The highest BCUT2D eigenvalue weighted by atomic mass is 32.2. The van der Waals surface area contributed by atoms with E-state index in [1.165, 1.54) is 5.56 Å².